The van der Waals surface area contributed by atoms with Crippen LogP contribution in [0.3, 0.4) is 0 Å². The number of carbonyl (C=O) groups is 1. The minimum absolute atomic E-state index is 0.178. The number of aryl methyl sites for hydroxylation is 1. The average molecular weight is 408 g/mol. The van der Waals surface area contributed by atoms with Crippen molar-refractivity contribution in [1.82, 2.24) is 25.2 Å². The van der Waals surface area contributed by atoms with Crippen LogP contribution in [0.15, 0.2) is 48.5 Å². The maximum absolute atomic E-state index is 12.6. The molecule has 0 aliphatic rings. The second-order valence-electron chi connectivity index (χ2n) is 6.42. The number of tetrazole rings is 1. The molecule has 4 rings (SSSR count). The standard InChI is InChI=1S/C21H18ClN5O2/c1-3-29-21(28)19-13(2)14-8-5-7-11-17(14)23-18(19)12-27-25-20(24-26-27)15-9-4-6-10-16(15)22/h4-11H,3,12H2,1-2H3. The van der Waals surface area contributed by atoms with Gasteiger partial charge in [0, 0.05) is 10.9 Å². The van der Waals surface area contributed by atoms with Gasteiger partial charge >= 0.3 is 5.97 Å². The highest BCUT2D eigenvalue weighted by atomic mass is 35.5. The Morgan fingerprint density at radius 3 is 2.69 bits per heavy atom. The van der Waals surface area contributed by atoms with Crippen molar-refractivity contribution < 1.29 is 9.53 Å². The number of pyridine rings is 1. The fraction of sp³-hybridized carbons (Fsp3) is 0.190. The highest BCUT2D eigenvalue weighted by Crippen LogP contribution is 2.26. The Bertz CT molecular complexity index is 1200. The summed E-state index contributed by atoms with van der Waals surface area (Å²) in [5.74, 6) is -0.00417. The van der Waals surface area contributed by atoms with Crippen molar-refractivity contribution in [2.24, 2.45) is 0 Å². The van der Waals surface area contributed by atoms with Crippen LogP contribution in [0.1, 0.15) is 28.5 Å². The molecule has 0 amide bonds. The number of halogens is 1. The zero-order valence-electron chi connectivity index (χ0n) is 16.0. The summed E-state index contributed by atoms with van der Waals surface area (Å²) in [7, 11) is 0. The largest absolute Gasteiger partial charge is 0.462 e. The van der Waals surface area contributed by atoms with Gasteiger partial charge in [-0.2, -0.15) is 4.80 Å². The van der Waals surface area contributed by atoms with Gasteiger partial charge in [-0.05, 0) is 42.8 Å². The van der Waals surface area contributed by atoms with Crippen LogP contribution in [0.25, 0.3) is 22.3 Å². The molecule has 0 spiro atoms. The molecule has 0 bridgehead atoms. The van der Waals surface area contributed by atoms with Crippen LogP contribution in [0.4, 0.5) is 0 Å². The normalized spacial score (nSPS) is 11.0. The third kappa shape index (κ3) is 3.69. The summed E-state index contributed by atoms with van der Waals surface area (Å²) in [6, 6.07) is 15.0. The van der Waals surface area contributed by atoms with E-state index in [0.717, 1.165) is 16.5 Å². The Morgan fingerprint density at radius 1 is 1.14 bits per heavy atom. The molecule has 2 aromatic carbocycles. The highest BCUT2D eigenvalue weighted by Gasteiger charge is 2.21. The molecule has 0 saturated heterocycles. The number of benzene rings is 2. The van der Waals surface area contributed by atoms with Gasteiger partial charge in [0.25, 0.3) is 0 Å². The number of ether oxygens (including phenoxy) is 1. The van der Waals surface area contributed by atoms with E-state index in [0.29, 0.717) is 27.7 Å². The first-order valence-corrected chi connectivity index (χ1v) is 9.54. The van der Waals surface area contributed by atoms with Crippen LogP contribution >= 0.6 is 11.6 Å². The van der Waals surface area contributed by atoms with Crippen molar-refractivity contribution in [3.63, 3.8) is 0 Å². The minimum Gasteiger partial charge on any atom is -0.462 e. The van der Waals surface area contributed by atoms with E-state index in [1.807, 2.05) is 49.4 Å². The molecule has 4 aromatic rings. The number of fused-ring (bicyclic) bond motifs is 1. The number of nitrogens with zero attached hydrogens (tertiary/aromatic N) is 5. The predicted molar refractivity (Wildman–Crippen MR) is 110 cm³/mol. The first kappa shape index (κ1) is 19.0. The SMILES string of the molecule is CCOC(=O)c1c(Cn2nnc(-c3ccccc3Cl)n2)nc2ccccc2c1C. The van der Waals surface area contributed by atoms with E-state index in [1.54, 1.807) is 13.0 Å². The fourth-order valence-electron chi connectivity index (χ4n) is 3.22. The molecule has 0 aliphatic heterocycles. The summed E-state index contributed by atoms with van der Waals surface area (Å²) in [5.41, 5.74) is 3.26. The smallest absolute Gasteiger partial charge is 0.340 e. The molecular weight excluding hydrogens is 390 g/mol. The lowest BCUT2D eigenvalue weighted by atomic mass is 10.0. The van der Waals surface area contributed by atoms with E-state index in [9.17, 15) is 4.79 Å². The van der Waals surface area contributed by atoms with Crippen molar-refractivity contribution >= 4 is 28.5 Å². The summed E-state index contributed by atoms with van der Waals surface area (Å²) in [4.78, 5) is 18.7. The fourth-order valence-corrected chi connectivity index (χ4v) is 3.44. The Balaban J connectivity index is 1.77. The van der Waals surface area contributed by atoms with Gasteiger partial charge in [-0.3, -0.25) is 0 Å². The van der Waals surface area contributed by atoms with Crippen LogP contribution < -0.4 is 0 Å². The first-order chi connectivity index (χ1) is 14.1. The van der Waals surface area contributed by atoms with Crippen molar-refractivity contribution in [2.75, 3.05) is 6.61 Å². The van der Waals surface area contributed by atoms with Gasteiger partial charge in [0.15, 0.2) is 0 Å². The number of aromatic nitrogens is 5. The van der Waals surface area contributed by atoms with E-state index in [4.69, 9.17) is 16.3 Å². The highest BCUT2D eigenvalue weighted by molar-refractivity contribution is 6.33. The molecule has 0 fully saturated rings. The van der Waals surface area contributed by atoms with Crippen molar-refractivity contribution in [2.45, 2.75) is 20.4 Å². The van der Waals surface area contributed by atoms with Gasteiger partial charge in [-0.1, -0.05) is 41.9 Å². The van der Waals surface area contributed by atoms with E-state index in [2.05, 4.69) is 20.4 Å². The van der Waals surface area contributed by atoms with Crippen LogP contribution in [-0.4, -0.2) is 37.8 Å². The lowest BCUT2D eigenvalue weighted by Gasteiger charge is -2.13. The molecule has 0 N–H and O–H groups in total. The topological polar surface area (TPSA) is 82.8 Å². The van der Waals surface area contributed by atoms with Crippen LogP contribution in [0.2, 0.25) is 5.02 Å². The van der Waals surface area contributed by atoms with Crippen LogP contribution in [0.5, 0.6) is 0 Å². The maximum atomic E-state index is 12.6. The Hall–Kier alpha value is -3.32. The second kappa shape index (κ2) is 7.97. The van der Waals surface area contributed by atoms with Crippen LogP contribution in [0, 0.1) is 6.92 Å². The predicted octanol–water partition coefficient (Wildman–Crippen LogP) is 4.08. The molecule has 2 heterocycles. The Labute approximate surface area is 172 Å². The van der Waals surface area contributed by atoms with Crippen LogP contribution in [-0.2, 0) is 11.3 Å². The zero-order chi connectivity index (χ0) is 20.4. The summed E-state index contributed by atoms with van der Waals surface area (Å²) in [6.07, 6.45) is 0. The van der Waals surface area contributed by atoms with E-state index in [1.165, 1.54) is 4.80 Å². The van der Waals surface area contributed by atoms with Gasteiger partial charge in [0.1, 0.15) is 6.54 Å². The molecule has 0 aliphatic carbocycles. The zero-order valence-corrected chi connectivity index (χ0v) is 16.7. The number of rotatable bonds is 5. The van der Waals surface area contributed by atoms with Crippen molar-refractivity contribution in [1.29, 1.82) is 0 Å². The molecule has 0 radical (unpaired) electrons. The number of carbonyl (C=O) groups excluding carboxylic acids is 1. The van der Waals surface area contributed by atoms with Gasteiger partial charge < -0.3 is 4.74 Å². The number of hydrogen-bond acceptors (Lipinski definition) is 6. The van der Waals surface area contributed by atoms with E-state index in [-0.39, 0.29) is 13.2 Å². The number of para-hydroxylation sites is 1. The molecule has 146 valence electrons. The van der Waals surface area contributed by atoms with Gasteiger partial charge in [-0.25, -0.2) is 9.78 Å². The minimum atomic E-state index is -0.412. The van der Waals surface area contributed by atoms with E-state index >= 15 is 0 Å². The van der Waals surface area contributed by atoms with E-state index < -0.39 is 5.97 Å². The molecule has 2 aromatic heterocycles. The molecule has 0 atom stereocenters. The van der Waals surface area contributed by atoms with Crippen molar-refractivity contribution in [3.05, 3.63) is 70.4 Å². The average Bonchev–Trinajstić information content (AvgIpc) is 3.17. The lowest BCUT2D eigenvalue weighted by molar-refractivity contribution is 0.0523. The van der Waals surface area contributed by atoms with Crippen molar-refractivity contribution in [3.8, 4) is 11.4 Å². The monoisotopic (exact) mass is 407 g/mol. The molecule has 8 heteroatoms. The summed E-state index contributed by atoms with van der Waals surface area (Å²) in [6.45, 7) is 4.12. The third-order valence-corrected chi connectivity index (χ3v) is 4.89. The number of esters is 1. The first-order valence-electron chi connectivity index (χ1n) is 9.16. The lowest BCUT2D eigenvalue weighted by Crippen LogP contribution is -2.16. The Morgan fingerprint density at radius 2 is 1.90 bits per heavy atom. The molecule has 0 saturated carbocycles. The molecule has 0 unspecified atom stereocenters. The Kier molecular flexibility index (Phi) is 5.22. The quantitative estimate of drug-likeness (QED) is 0.463. The van der Waals surface area contributed by atoms with Gasteiger partial charge in [0.2, 0.25) is 5.82 Å². The summed E-state index contributed by atoms with van der Waals surface area (Å²) in [5, 5.41) is 14.1. The molecular formula is C21H18ClN5O2. The summed E-state index contributed by atoms with van der Waals surface area (Å²) < 4.78 is 5.26. The third-order valence-electron chi connectivity index (χ3n) is 4.57. The molecule has 7 nitrogen and oxygen atoms in total. The molecule has 29 heavy (non-hydrogen) atoms. The second-order valence-corrected chi connectivity index (χ2v) is 6.83. The number of hydrogen-bond donors (Lipinski definition) is 0. The summed E-state index contributed by atoms with van der Waals surface area (Å²) >= 11 is 6.23. The van der Waals surface area contributed by atoms with Gasteiger partial charge in [0.05, 0.1) is 28.4 Å². The maximum Gasteiger partial charge on any atom is 0.340 e. The van der Waals surface area contributed by atoms with Gasteiger partial charge in [-0.15, -0.1) is 10.2 Å².